The second-order valence-corrected chi connectivity index (χ2v) is 6.22. The van der Waals surface area contributed by atoms with Gasteiger partial charge in [0.1, 0.15) is 0 Å². The van der Waals surface area contributed by atoms with E-state index in [1.54, 1.807) is 6.20 Å². The van der Waals surface area contributed by atoms with Gasteiger partial charge in [-0.25, -0.2) is 0 Å². The average molecular weight is 305 g/mol. The van der Waals surface area contributed by atoms with Gasteiger partial charge in [0.2, 0.25) is 0 Å². The quantitative estimate of drug-likeness (QED) is 0.786. The predicted molar refractivity (Wildman–Crippen MR) is 91.9 cm³/mol. The number of hydrogen-bond acceptors (Lipinski definition) is 2. The van der Waals surface area contributed by atoms with Crippen LogP contribution in [0.25, 0.3) is 10.9 Å². The molecule has 0 bridgehead atoms. The van der Waals surface area contributed by atoms with Crippen LogP contribution in [0.4, 0.5) is 5.69 Å². The number of rotatable bonds is 3. The lowest BCUT2D eigenvalue weighted by Gasteiger charge is -2.09. The van der Waals surface area contributed by atoms with Gasteiger partial charge in [0.05, 0.1) is 16.8 Å². The van der Waals surface area contributed by atoms with Crippen molar-refractivity contribution in [3.63, 3.8) is 0 Å². The van der Waals surface area contributed by atoms with Gasteiger partial charge in [0, 0.05) is 29.0 Å². The molecule has 3 aromatic rings. The topological polar surface area (TPSA) is 46.9 Å². The maximum absolute atomic E-state index is 12.7. The van der Waals surface area contributed by atoms with E-state index in [9.17, 15) is 4.79 Å². The highest BCUT2D eigenvalue weighted by Crippen LogP contribution is 2.38. The smallest absolute Gasteiger partial charge is 0.257 e. The number of nitrogens with zero attached hydrogens (tertiary/aromatic N) is 2. The van der Waals surface area contributed by atoms with E-state index in [0.29, 0.717) is 6.04 Å². The molecule has 1 aliphatic rings. The Bertz CT molecular complexity index is 901. The first-order valence-electron chi connectivity index (χ1n) is 7.98. The highest BCUT2D eigenvalue weighted by molar-refractivity contribution is 6.09. The molecular formula is C19H19N3O. The number of aryl methyl sites for hydroxylation is 1. The number of nitrogens with one attached hydrogen (secondary N) is 1. The van der Waals surface area contributed by atoms with E-state index < -0.39 is 0 Å². The summed E-state index contributed by atoms with van der Waals surface area (Å²) in [5.74, 6) is -0.0665. The maximum atomic E-state index is 12.7. The lowest BCUT2D eigenvalue weighted by atomic mass is 10.1. The Balaban J connectivity index is 1.69. The Labute approximate surface area is 135 Å². The summed E-state index contributed by atoms with van der Waals surface area (Å²) >= 11 is 0. The van der Waals surface area contributed by atoms with Crippen molar-refractivity contribution in [1.82, 2.24) is 9.55 Å². The summed E-state index contributed by atoms with van der Waals surface area (Å²) in [6.07, 6.45) is 4.17. The van der Waals surface area contributed by atoms with Gasteiger partial charge in [-0.3, -0.25) is 9.78 Å². The van der Waals surface area contributed by atoms with Crippen LogP contribution in [0, 0.1) is 13.8 Å². The summed E-state index contributed by atoms with van der Waals surface area (Å²) in [6, 6.07) is 12.3. The minimum absolute atomic E-state index is 0.0665. The molecule has 0 radical (unpaired) electrons. The number of aromatic nitrogens is 2. The van der Waals surface area contributed by atoms with Gasteiger partial charge >= 0.3 is 0 Å². The average Bonchev–Trinajstić information content (AvgIpc) is 3.33. The molecule has 4 nitrogen and oxygen atoms in total. The first-order chi connectivity index (χ1) is 11.1. The van der Waals surface area contributed by atoms with Crippen LogP contribution in [0.15, 0.2) is 42.6 Å². The molecule has 0 spiro atoms. The monoisotopic (exact) mass is 305 g/mol. The van der Waals surface area contributed by atoms with Crippen LogP contribution in [-0.4, -0.2) is 15.5 Å². The van der Waals surface area contributed by atoms with E-state index in [1.807, 2.05) is 43.3 Å². The normalized spacial score (nSPS) is 14.2. The lowest BCUT2D eigenvalue weighted by Crippen LogP contribution is -2.13. The molecule has 2 aromatic heterocycles. The molecule has 1 aliphatic carbocycles. The summed E-state index contributed by atoms with van der Waals surface area (Å²) < 4.78 is 2.29. The molecule has 2 heterocycles. The fourth-order valence-corrected chi connectivity index (χ4v) is 3.30. The number of carbonyl (C=O) groups excluding carboxylic acids is 1. The van der Waals surface area contributed by atoms with Crippen molar-refractivity contribution < 1.29 is 4.79 Å². The molecule has 1 saturated carbocycles. The van der Waals surface area contributed by atoms with Crippen LogP contribution in [0.5, 0.6) is 0 Å². The van der Waals surface area contributed by atoms with Crippen molar-refractivity contribution in [1.29, 1.82) is 0 Å². The number of benzene rings is 1. The van der Waals surface area contributed by atoms with Gasteiger partial charge in [-0.15, -0.1) is 0 Å². The third-order valence-corrected chi connectivity index (χ3v) is 4.52. The molecule has 4 rings (SSSR count). The zero-order chi connectivity index (χ0) is 16.0. The molecular weight excluding hydrogens is 286 g/mol. The van der Waals surface area contributed by atoms with Gasteiger partial charge in [0.15, 0.2) is 0 Å². The fraction of sp³-hybridized carbons (Fsp3) is 0.263. The van der Waals surface area contributed by atoms with E-state index in [0.717, 1.165) is 33.5 Å². The van der Waals surface area contributed by atoms with Crippen LogP contribution < -0.4 is 5.32 Å². The zero-order valence-corrected chi connectivity index (χ0v) is 13.3. The SMILES string of the molecule is Cc1cc(C(=O)Nc2cccc3cccnc23)c(C)n1C1CC1. The van der Waals surface area contributed by atoms with Crippen molar-refractivity contribution in [2.45, 2.75) is 32.7 Å². The van der Waals surface area contributed by atoms with Crippen molar-refractivity contribution in [3.8, 4) is 0 Å². The van der Waals surface area contributed by atoms with Crippen LogP contribution in [0.1, 0.15) is 40.6 Å². The zero-order valence-electron chi connectivity index (χ0n) is 13.3. The third kappa shape index (κ3) is 2.40. The number of anilines is 1. The molecule has 1 aromatic carbocycles. The Kier molecular flexibility index (Phi) is 3.18. The summed E-state index contributed by atoms with van der Waals surface area (Å²) in [5.41, 5.74) is 4.54. The van der Waals surface area contributed by atoms with Crippen molar-refractivity contribution in [3.05, 3.63) is 59.5 Å². The second-order valence-electron chi connectivity index (χ2n) is 6.22. The number of fused-ring (bicyclic) bond motifs is 1. The summed E-state index contributed by atoms with van der Waals surface area (Å²) in [6.45, 7) is 4.10. The molecule has 0 unspecified atom stereocenters. The van der Waals surface area contributed by atoms with Crippen LogP contribution in [0.3, 0.4) is 0 Å². The molecule has 0 saturated heterocycles. The lowest BCUT2D eigenvalue weighted by molar-refractivity contribution is 0.102. The highest BCUT2D eigenvalue weighted by Gasteiger charge is 2.28. The standard InChI is InChI=1S/C19H19N3O/c1-12-11-16(13(2)22(12)15-8-9-15)19(23)21-17-7-3-5-14-6-4-10-20-18(14)17/h3-7,10-11,15H,8-9H2,1-2H3,(H,21,23). The first kappa shape index (κ1) is 14.0. The van der Waals surface area contributed by atoms with Crippen LogP contribution >= 0.6 is 0 Å². The third-order valence-electron chi connectivity index (χ3n) is 4.52. The fourth-order valence-electron chi connectivity index (χ4n) is 3.30. The Morgan fingerprint density at radius 2 is 2.00 bits per heavy atom. The molecule has 0 aliphatic heterocycles. The minimum atomic E-state index is -0.0665. The van der Waals surface area contributed by atoms with Crippen molar-refractivity contribution in [2.24, 2.45) is 0 Å². The van der Waals surface area contributed by atoms with Crippen LogP contribution in [0.2, 0.25) is 0 Å². The van der Waals surface area contributed by atoms with Crippen molar-refractivity contribution in [2.75, 3.05) is 5.32 Å². The van der Waals surface area contributed by atoms with Gasteiger partial charge in [0.25, 0.3) is 5.91 Å². The number of amides is 1. The molecule has 4 heteroatoms. The van der Waals surface area contributed by atoms with E-state index in [-0.39, 0.29) is 5.91 Å². The molecule has 23 heavy (non-hydrogen) atoms. The Hall–Kier alpha value is -2.62. The summed E-state index contributed by atoms with van der Waals surface area (Å²) in [5, 5.41) is 4.05. The van der Waals surface area contributed by atoms with Crippen LogP contribution in [-0.2, 0) is 0 Å². The van der Waals surface area contributed by atoms with E-state index >= 15 is 0 Å². The predicted octanol–water partition coefficient (Wildman–Crippen LogP) is 4.24. The highest BCUT2D eigenvalue weighted by atomic mass is 16.1. The molecule has 0 atom stereocenters. The largest absolute Gasteiger partial charge is 0.345 e. The van der Waals surface area contributed by atoms with Gasteiger partial charge in [-0.05, 0) is 44.9 Å². The van der Waals surface area contributed by atoms with Gasteiger partial charge in [-0.1, -0.05) is 18.2 Å². The van der Waals surface area contributed by atoms with E-state index in [2.05, 4.69) is 21.8 Å². The molecule has 1 N–H and O–H groups in total. The Morgan fingerprint density at radius 3 is 2.78 bits per heavy atom. The van der Waals surface area contributed by atoms with E-state index in [4.69, 9.17) is 0 Å². The van der Waals surface area contributed by atoms with Gasteiger partial charge in [-0.2, -0.15) is 0 Å². The number of pyridine rings is 1. The van der Waals surface area contributed by atoms with E-state index in [1.165, 1.54) is 12.8 Å². The molecule has 1 fully saturated rings. The first-order valence-corrected chi connectivity index (χ1v) is 7.98. The number of carbonyl (C=O) groups is 1. The molecule has 1 amide bonds. The van der Waals surface area contributed by atoms with Gasteiger partial charge < -0.3 is 9.88 Å². The molecule has 116 valence electrons. The minimum Gasteiger partial charge on any atom is -0.345 e. The Morgan fingerprint density at radius 1 is 1.22 bits per heavy atom. The summed E-state index contributed by atoms with van der Waals surface area (Å²) in [4.78, 5) is 17.1. The maximum Gasteiger partial charge on any atom is 0.257 e. The second kappa shape index (κ2) is 5.23. The summed E-state index contributed by atoms with van der Waals surface area (Å²) in [7, 11) is 0. The van der Waals surface area contributed by atoms with Crippen molar-refractivity contribution >= 4 is 22.5 Å². The number of para-hydroxylation sites is 1. The number of hydrogen-bond donors (Lipinski definition) is 1.